The maximum absolute atomic E-state index is 8.69. The minimum Gasteiger partial charge on any atom is -0.380 e. The topological polar surface area (TPSA) is 45.0 Å². The molecule has 0 aliphatic rings. The van der Waals surface area contributed by atoms with Gasteiger partial charge in [0.05, 0.1) is 17.7 Å². The number of nitrogens with one attached hydrogen (secondary N) is 1. The normalized spacial score (nSPS) is 14.1. The van der Waals surface area contributed by atoms with Crippen molar-refractivity contribution >= 4 is 0 Å². The van der Waals surface area contributed by atoms with Crippen molar-refractivity contribution in [3.8, 4) is 6.07 Å². The molecule has 0 spiro atoms. The number of benzene rings is 1. The smallest absolute Gasteiger partial charge is 0.0991 e. The van der Waals surface area contributed by atoms with Gasteiger partial charge in [-0.3, -0.25) is 0 Å². The highest BCUT2D eigenvalue weighted by Gasteiger charge is 2.06. The van der Waals surface area contributed by atoms with Crippen LogP contribution in [0.3, 0.4) is 0 Å². The summed E-state index contributed by atoms with van der Waals surface area (Å²) in [4.78, 5) is 0. The number of hydrogen-bond donors (Lipinski definition) is 1. The molecule has 0 aliphatic carbocycles. The zero-order chi connectivity index (χ0) is 12.0. The summed E-state index contributed by atoms with van der Waals surface area (Å²) in [6.45, 7) is 4.94. The highest BCUT2D eigenvalue weighted by Crippen LogP contribution is 2.12. The molecule has 0 amide bonds. The van der Waals surface area contributed by atoms with Gasteiger partial charge in [-0.25, -0.2) is 0 Å². The van der Waals surface area contributed by atoms with E-state index in [9.17, 15) is 0 Å². The van der Waals surface area contributed by atoms with E-state index >= 15 is 0 Å². The monoisotopic (exact) mass is 218 g/mol. The molecular formula is C13H18N2O. The summed E-state index contributed by atoms with van der Waals surface area (Å²) in [5.41, 5.74) is 1.88. The molecule has 1 N–H and O–H groups in total. The second kappa shape index (κ2) is 6.26. The third-order valence-corrected chi connectivity index (χ3v) is 2.65. The second-order valence-corrected chi connectivity index (χ2v) is 3.91. The summed E-state index contributed by atoms with van der Waals surface area (Å²) in [7, 11) is 1.71. The minimum absolute atomic E-state index is 0.209. The van der Waals surface area contributed by atoms with Crippen molar-refractivity contribution in [1.82, 2.24) is 5.32 Å². The first kappa shape index (κ1) is 12.7. The zero-order valence-electron chi connectivity index (χ0n) is 10.0. The largest absolute Gasteiger partial charge is 0.380 e. The average molecular weight is 218 g/mol. The standard InChI is InChI=1S/C13H18N2O/c1-10(16-3)9-15-11(2)13-6-4-12(8-14)5-7-13/h4-7,10-11,15H,9H2,1-3H3/t10-,11+/m0/s1. The molecule has 86 valence electrons. The van der Waals surface area contributed by atoms with Crippen LogP contribution in [-0.4, -0.2) is 19.8 Å². The fourth-order valence-corrected chi connectivity index (χ4v) is 1.39. The van der Waals surface area contributed by atoms with Gasteiger partial charge in [-0.05, 0) is 31.5 Å². The molecular weight excluding hydrogens is 200 g/mol. The first-order chi connectivity index (χ1) is 7.67. The van der Waals surface area contributed by atoms with Crippen molar-refractivity contribution in [2.75, 3.05) is 13.7 Å². The molecule has 0 aliphatic heterocycles. The van der Waals surface area contributed by atoms with Crippen molar-refractivity contribution in [3.05, 3.63) is 35.4 Å². The zero-order valence-corrected chi connectivity index (χ0v) is 10.0. The number of hydrogen-bond acceptors (Lipinski definition) is 3. The Morgan fingerprint density at radius 2 is 1.94 bits per heavy atom. The van der Waals surface area contributed by atoms with Crippen LogP contribution >= 0.6 is 0 Å². The molecule has 1 aromatic rings. The maximum atomic E-state index is 8.69. The highest BCUT2D eigenvalue weighted by molar-refractivity contribution is 5.32. The van der Waals surface area contributed by atoms with Gasteiger partial charge in [0, 0.05) is 19.7 Å². The molecule has 3 heteroatoms. The lowest BCUT2D eigenvalue weighted by molar-refractivity contribution is 0.115. The summed E-state index contributed by atoms with van der Waals surface area (Å²) in [6.07, 6.45) is 0.209. The lowest BCUT2D eigenvalue weighted by Gasteiger charge is -2.17. The van der Waals surface area contributed by atoms with Crippen LogP contribution in [0.15, 0.2) is 24.3 Å². The van der Waals surface area contributed by atoms with Gasteiger partial charge in [0.2, 0.25) is 0 Å². The van der Waals surface area contributed by atoms with Crippen LogP contribution in [0.5, 0.6) is 0 Å². The van der Waals surface area contributed by atoms with E-state index in [1.165, 1.54) is 5.56 Å². The Balaban J connectivity index is 2.53. The summed E-state index contributed by atoms with van der Waals surface area (Å²) >= 11 is 0. The molecule has 0 saturated heterocycles. The molecule has 0 fully saturated rings. The van der Waals surface area contributed by atoms with Gasteiger partial charge in [-0.1, -0.05) is 12.1 Å². The maximum Gasteiger partial charge on any atom is 0.0991 e. The predicted octanol–water partition coefficient (Wildman–Crippen LogP) is 2.24. The fourth-order valence-electron chi connectivity index (χ4n) is 1.39. The number of methoxy groups -OCH3 is 1. The van der Waals surface area contributed by atoms with E-state index in [2.05, 4.69) is 18.3 Å². The molecule has 0 heterocycles. The first-order valence-electron chi connectivity index (χ1n) is 5.43. The summed E-state index contributed by atoms with van der Waals surface area (Å²) in [6, 6.07) is 10.0. The van der Waals surface area contributed by atoms with Gasteiger partial charge in [0.15, 0.2) is 0 Å². The number of ether oxygens (including phenoxy) is 1. The van der Waals surface area contributed by atoms with Crippen molar-refractivity contribution in [2.45, 2.75) is 26.0 Å². The SMILES string of the molecule is CO[C@@H](C)CN[C@H](C)c1ccc(C#N)cc1. The molecule has 0 radical (unpaired) electrons. The van der Waals surface area contributed by atoms with Crippen LogP contribution in [0.4, 0.5) is 0 Å². The van der Waals surface area contributed by atoms with Crippen LogP contribution in [0.1, 0.15) is 31.0 Å². The molecule has 0 aromatic heterocycles. The van der Waals surface area contributed by atoms with E-state index in [1.54, 1.807) is 7.11 Å². The Labute approximate surface area is 97.0 Å². The van der Waals surface area contributed by atoms with Gasteiger partial charge >= 0.3 is 0 Å². The van der Waals surface area contributed by atoms with Crippen molar-refractivity contribution in [1.29, 1.82) is 5.26 Å². The summed E-state index contributed by atoms with van der Waals surface area (Å²) in [5.74, 6) is 0. The third kappa shape index (κ3) is 3.65. The van der Waals surface area contributed by atoms with E-state index in [0.29, 0.717) is 5.56 Å². The molecule has 3 nitrogen and oxygen atoms in total. The van der Waals surface area contributed by atoms with E-state index in [0.717, 1.165) is 6.54 Å². The van der Waals surface area contributed by atoms with Gasteiger partial charge in [-0.2, -0.15) is 5.26 Å². The molecule has 16 heavy (non-hydrogen) atoms. The van der Waals surface area contributed by atoms with Crippen LogP contribution in [0, 0.1) is 11.3 Å². The van der Waals surface area contributed by atoms with Crippen molar-refractivity contribution < 1.29 is 4.74 Å². The van der Waals surface area contributed by atoms with E-state index < -0.39 is 0 Å². The summed E-state index contributed by atoms with van der Waals surface area (Å²) in [5, 5.41) is 12.1. The van der Waals surface area contributed by atoms with Crippen LogP contribution in [-0.2, 0) is 4.74 Å². The molecule has 1 aromatic carbocycles. The van der Waals surface area contributed by atoms with E-state index in [-0.39, 0.29) is 12.1 Å². The highest BCUT2D eigenvalue weighted by atomic mass is 16.5. The van der Waals surface area contributed by atoms with Gasteiger partial charge in [0.1, 0.15) is 0 Å². The first-order valence-corrected chi connectivity index (χ1v) is 5.43. The lowest BCUT2D eigenvalue weighted by atomic mass is 10.1. The Bertz CT molecular complexity index is 353. The summed E-state index contributed by atoms with van der Waals surface area (Å²) < 4.78 is 5.17. The van der Waals surface area contributed by atoms with Crippen LogP contribution in [0.2, 0.25) is 0 Å². The van der Waals surface area contributed by atoms with Crippen molar-refractivity contribution in [2.24, 2.45) is 0 Å². The van der Waals surface area contributed by atoms with Crippen LogP contribution in [0.25, 0.3) is 0 Å². The van der Waals surface area contributed by atoms with Crippen LogP contribution < -0.4 is 5.32 Å². The second-order valence-electron chi connectivity index (χ2n) is 3.91. The van der Waals surface area contributed by atoms with E-state index in [1.807, 2.05) is 31.2 Å². The lowest BCUT2D eigenvalue weighted by Crippen LogP contribution is -2.28. The Morgan fingerprint density at radius 3 is 2.44 bits per heavy atom. The predicted molar refractivity (Wildman–Crippen MR) is 64.0 cm³/mol. The number of nitriles is 1. The Hall–Kier alpha value is -1.37. The quantitative estimate of drug-likeness (QED) is 0.824. The average Bonchev–Trinajstić information content (AvgIpc) is 2.35. The fraction of sp³-hybridized carbons (Fsp3) is 0.462. The Morgan fingerprint density at radius 1 is 1.31 bits per heavy atom. The third-order valence-electron chi connectivity index (χ3n) is 2.65. The molecule has 0 bridgehead atoms. The van der Waals surface area contributed by atoms with E-state index in [4.69, 9.17) is 10.00 Å². The van der Waals surface area contributed by atoms with Gasteiger partial charge in [-0.15, -0.1) is 0 Å². The number of nitrogens with zero attached hydrogens (tertiary/aromatic N) is 1. The molecule has 0 unspecified atom stereocenters. The Kier molecular flexibility index (Phi) is 4.97. The van der Waals surface area contributed by atoms with Gasteiger partial charge < -0.3 is 10.1 Å². The van der Waals surface area contributed by atoms with Crippen molar-refractivity contribution in [3.63, 3.8) is 0 Å². The molecule has 1 rings (SSSR count). The molecule has 2 atom stereocenters. The molecule has 0 saturated carbocycles. The van der Waals surface area contributed by atoms with Gasteiger partial charge in [0.25, 0.3) is 0 Å². The minimum atomic E-state index is 0.209. The number of rotatable bonds is 5.